The Hall–Kier alpha value is -1.86. The Balaban J connectivity index is 1.37. The smallest absolute Gasteiger partial charge is 0.193 e. The van der Waals surface area contributed by atoms with Crippen molar-refractivity contribution in [2.24, 2.45) is 4.99 Å². The lowest BCUT2D eigenvalue weighted by Crippen LogP contribution is -2.52. The van der Waals surface area contributed by atoms with Gasteiger partial charge >= 0.3 is 0 Å². The average molecular weight is 391 g/mol. The fraction of sp³-hybridized carbons (Fsp3) is 0.667. The summed E-state index contributed by atoms with van der Waals surface area (Å²) in [6.07, 6.45) is 2.40. The SMILES string of the molecule is CN=C(NCCCN1CCCN(C)CC1)N1CCN(c2ccc(F)cc2)CC1. The van der Waals surface area contributed by atoms with E-state index in [9.17, 15) is 4.39 Å². The van der Waals surface area contributed by atoms with E-state index in [1.54, 1.807) is 0 Å². The minimum Gasteiger partial charge on any atom is -0.368 e. The number of halogens is 1. The highest BCUT2D eigenvalue weighted by atomic mass is 19.1. The first-order chi connectivity index (χ1) is 13.7. The number of nitrogens with zero attached hydrogens (tertiary/aromatic N) is 5. The van der Waals surface area contributed by atoms with E-state index >= 15 is 0 Å². The number of hydrogen-bond donors (Lipinski definition) is 1. The molecule has 2 aliphatic heterocycles. The van der Waals surface area contributed by atoms with Crippen LogP contribution in [0.5, 0.6) is 0 Å². The summed E-state index contributed by atoms with van der Waals surface area (Å²) in [4.78, 5) is 14.1. The molecule has 2 fully saturated rings. The highest BCUT2D eigenvalue weighted by molar-refractivity contribution is 5.80. The largest absolute Gasteiger partial charge is 0.368 e. The fourth-order valence-corrected chi connectivity index (χ4v) is 3.99. The number of piperazine rings is 1. The molecule has 0 spiro atoms. The van der Waals surface area contributed by atoms with Crippen LogP contribution in [0.25, 0.3) is 0 Å². The van der Waals surface area contributed by atoms with Crippen LogP contribution in [0.4, 0.5) is 10.1 Å². The molecular weight excluding hydrogens is 355 g/mol. The fourth-order valence-electron chi connectivity index (χ4n) is 3.99. The monoisotopic (exact) mass is 390 g/mol. The minimum atomic E-state index is -0.181. The average Bonchev–Trinajstić information content (AvgIpc) is 2.93. The van der Waals surface area contributed by atoms with Crippen molar-refractivity contribution in [3.05, 3.63) is 30.1 Å². The molecule has 2 heterocycles. The Morgan fingerprint density at radius 2 is 1.75 bits per heavy atom. The van der Waals surface area contributed by atoms with Gasteiger partial charge in [0, 0.05) is 58.5 Å². The molecule has 28 heavy (non-hydrogen) atoms. The zero-order chi connectivity index (χ0) is 19.8. The molecular formula is C21H35FN6. The van der Waals surface area contributed by atoms with Gasteiger partial charge in [-0.3, -0.25) is 4.99 Å². The van der Waals surface area contributed by atoms with Gasteiger partial charge in [0.25, 0.3) is 0 Å². The summed E-state index contributed by atoms with van der Waals surface area (Å²) in [5.74, 6) is 0.813. The molecule has 0 aliphatic carbocycles. The molecule has 1 aromatic carbocycles. The van der Waals surface area contributed by atoms with Gasteiger partial charge in [-0.2, -0.15) is 0 Å². The van der Waals surface area contributed by atoms with Gasteiger partial charge in [-0.05, 0) is 63.8 Å². The lowest BCUT2D eigenvalue weighted by molar-refractivity contribution is 0.273. The first kappa shape index (κ1) is 20.9. The summed E-state index contributed by atoms with van der Waals surface area (Å²) < 4.78 is 13.1. The number of rotatable bonds is 5. The summed E-state index contributed by atoms with van der Waals surface area (Å²) in [5.41, 5.74) is 1.09. The number of nitrogens with one attached hydrogen (secondary N) is 1. The molecule has 156 valence electrons. The van der Waals surface area contributed by atoms with Crippen LogP contribution < -0.4 is 10.2 Å². The van der Waals surface area contributed by atoms with Crippen molar-refractivity contribution in [3.63, 3.8) is 0 Å². The van der Waals surface area contributed by atoms with Crippen molar-refractivity contribution in [2.45, 2.75) is 12.8 Å². The van der Waals surface area contributed by atoms with Crippen LogP contribution in [-0.2, 0) is 0 Å². The maximum absolute atomic E-state index is 13.1. The van der Waals surface area contributed by atoms with Gasteiger partial charge < -0.3 is 24.9 Å². The topological polar surface area (TPSA) is 37.4 Å². The summed E-state index contributed by atoms with van der Waals surface area (Å²) in [6.45, 7) is 10.6. The van der Waals surface area contributed by atoms with Crippen molar-refractivity contribution in [1.29, 1.82) is 0 Å². The van der Waals surface area contributed by atoms with E-state index in [-0.39, 0.29) is 5.82 Å². The number of aliphatic imine (C=N–C) groups is 1. The highest BCUT2D eigenvalue weighted by Gasteiger charge is 2.20. The minimum absolute atomic E-state index is 0.181. The number of guanidine groups is 1. The molecule has 6 nitrogen and oxygen atoms in total. The maximum Gasteiger partial charge on any atom is 0.193 e. The molecule has 0 radical (unpaired) electrons. The third-order valence-corrected chi connectivity index (χ3v) is 5.73. The number of likely N-dealkylation sites (N-methyl/N-ethyl adjacent to an activating group) is 1. The predicted molar refractivity (Wildman–Crippen MR) is 115 cm³/mol. The summed E-state index contributed by atoms with van der Waals surface area (Å²) in [5, 5.41) is 3.54. The third kappa shape index (κ3) is 6.07. The number of benzene rings is 1. The normalized spacial score (nSPS) is 20.3. The molecule has 0 atom stereocenters. The molecule has 2 saturated heterocycles. The van der Waals surface area contributed by atoms with Crippen molar-refractivity contribution in [2.75, 3.05) is 84.4 Å². The zero-order valence-electron chi connectivity index (χ0n) is 17.4. The van der Waals surface area contributed by atoms with Gasteiger partial charge in [0.15, 0.2) is 5.96 Å². The van der Waals surface area contributed by atoms with Crippen LogP contribution in [0.3, 0.4) is 0 Å². The Labute approximate surface area is 169 Å². The second kappa shape index (κ2) is 10.6. The molecule has 0 aromatic heterocycles. The van der Waals surface area contributed by atoms with E-state index in [4.69, 9.17) is 0 Å². The number of hydrogen-bond acceptors (Lipinski definition) is 4. The van der Waals surface area contributed by atoms with Gasteiger partial charge in [0.05, 0.1) is 0 Å². The van der Waals surface area contributed by atoms with Gasteiger partial charge in [-0.25, -0.2) is 4.39 Å². The Bertz CT molecular complexity index is 612. The van der Waals surface area contributed by atoms with Crippen LogP contribution in [0, 0.1) is 5.82 Å². The molecule has 1 aromatic rings. The molecule has 0 bridgehead atoms. The molecule has 0 saturated carbocycles. The first-order valence-corrected chi connectivity index (χ1v) is 10.5. The first-order valence-electron chi connectivity index (χ1n) is 10.5. The molecule has 3 rings (SSSR count). The van der Waals surface area contributed by atoms with Crippen molar-refractivity contribution >= 4 is 11.6 Å². The lowest BCUT2D eigenvalue weighted by Gasteiger charge is -2.37. The van der Waals surface area contributed by atoms with Gasteiger partial charge in [-0.15, -0.1) is 0 Å². The Kier molecular flexibility index (Phi) is 7.91. The molecule has 1 N–H and O–H groups in total. The van der Waals surface area contributed by atoms with E-state index in [1.165, 1.54) is 44.7 Å². The molecule has 2 aliphatic rings. The van der Waals surface area contributed by atoms with E-state index in [0.29, 0.717) is 0 Å². The molecule has 0 amide bonds. The summed E-state index contributed by atoms with van der Waals surface area (Å²) >= 11 is 0. The summed E-state index contributed by atoms with van der Waals surface area (Å²) in [6, 6.07) is 6.78. The van der Waals surface area contributed by atoms with E-state index in [0.717, 1.165) is 57.3 Å². The van der Waals surface area contributed by atoms with Crippen LogP contribution in [0.1, 0.15) is 12.8 Å². The van der Waals surface area contributed by atoms with Crippen LogP contribution in [-0.4, -0.2) is 100 Å². The van der Waals surface area contributed by atoms with Crippen LogP contribution in [0.2, 0.25) is 0 Å². The second-order valence-corrected chi connectivity index (χ2v) is 7.78. The summed E-state index contributed by atoms with van der Waals surface area (Å²) in [7, 11) is 4.07. The quantitative estimate of drug-likeness (QED) is 0.469. The number of anilines is 1. The van der Waals surface area contributed by atoms with Gasteiger partial charge in [-0.1, -0.05) is 0 Å². The third-order valence-electron chi connectivity index (χ3n) is 5.73. The van der Waals surface area contributed by atoms with Gasteiger partial charge in [0.2, 0.25) is 0 Å². The molecule has 0 unspecified atom stereocenters. The van der Waals surface area contributed by atoms with Crippen LogP contribution >= 0.6 is 0 Å². The van der Waals surface area contributed by atoms with E-state index in [2.05, 4.69) is 37.0 Å². The van der Waals surface area contributed by atoms with Crippen LogP contribution in [0.15, 0.2) is 29.3 Å². The predicted octanol–water partition coefficient (Wildman–Crippen LogP) is 1.55. The molecule has 7 heteroatoms. The van der Waals surface area contributed by atoms with E-state index < -0.39 is 0 Å². The van der Waals surface area contributed by atoms with Crippen molar-refractivity contribution in [1.82, 2.24) is 20.0 Å². The maximum atomic E-state index is 13.1. The van der Waals surface area contributed by atoms with Crippen molar-refractivity contribution < 1.29 is 4.39 Å². The Morgan fingerprint density at radius 1 is 1.00 bits per heavy atom. The highest BCUT2D eigenvalue weighted by Crippen LogP contribution is 2.16. The van der Waals surface area contributed by atoms with Gasteiger partial charge in [0.1, 0.15) is 5.82 Å². The zero-order valence-corrected chi connectivity index (χ0v) is 17.4. The second-order valence-electron chi connectivity index (χ2n) is 7.78. The Morgan fingerprint density at radius 3 is 2.46 bits per heavy atom. The lowest BCUT2D eigenvalue weighted by atomic mass is 10.2. The van der Waals surface area contributed by atoms with E-state index in [1.807, 2.05) is 19.2 Å². The standard InChI is InChI=1S/C21H35FN6/c1-23-21(24-9-3-11-26-12-4-10-25(2)13-14-26)28-17-15-27(16-18-28)20-7-5-19(22)6-8-20/h5-8H,3-4,9-18H2,1-2H3,(H,23,24). The van der Waals surface area contributed by atoms with Crippen molar-refractivity contribution in [3.8, 4) is 0 Å².